The largest absolute Gasteiger partial charge is 0.383 e. The lowest BCUT2D eigenvalue weighted by atomic mass is 10.1. The van der Waals surface area contributed by atoms with Crippen LogP contribution in [0.3, 0.4) is 0 Å². The summed E-state index contributed by atoms with van der Waals surface area (Å²) in [5.41, 5.74) is 3.54. The molecule has 0 aromatic heterocycles. The van der Waals surface area contributed by atoms with Gasteiger partial charge in [-0.25, -0.2) is 0 Å². The Kier molecular flexibility index (Phi) is 8.79. The highest BCUT2D eigenvalue weighted by atomic mass is 35.5. The molecule has 0 saturated heterocycles. The Morgan fingerprint density at radius 2 is 1.65 bits per heavy atom. The first-order valence-electron chi connectivity index (χ1n) is 8.72. The van der Waals surface area contributed by atoms with Crippen LogP contribution >= 0.6 is 11.6 Å². The Morgan fingerprint density at radius 3 is 2.31 bits per heavy atom. The van der Waals surface area contributed by atoms with E-state index in [0.717, 1.165) is 42.7 Å². The molecule has 0 spiro atoms. The van der Waals surface area contributed by atoms with Crippen LogP contribution in [0.1, 0.15) is 11.1 Å². The zero-order valence-corrected chi connectivity index (χ0v) is 16.1. The van der Waals surface area contributed by atoms with Crippen molar-refractivity contribution in [3.63, 3.8) is 0 Å². The average molecular weight is 375 g/mol. The SMILES string of the molecule is CN=C(NCCc1ccc(Cl)cc1)NCc1ccc(NCCOC)cc1. The summed E-state index contributed by atoms with van der Waals surface area (Å²) < 4.78 is 5.03. The average Bonchev–Trinajstić information content (AvgIpc) is 2.67. The van der Waals surface area contributed by atoms with Crippen molar-refractivity contribution < 1.29 is 4.74 Å². The second-order valence-corrected chi connectivity index (χ2v) is 6.28. The van der Waals surface area contributed by atoms with Crippen LogP contribution in [0.4, 0.5) is 5.69 Å². The van der Waals surface area contributed by atoms with Gasteiger partial charge in [0.15, 0.2) is 5.96 Å². The standard InChI is InChI=1S/C20H27ClN4O/c1-22-20(24-12-11-16-3-7-18(21)8-4-16)25-15-17-5-9-19(10-6-17)23-13-14-26-2/h3-10,23H,11-15H2,1-2H3,(H2,22,24,25). The van der Waals surface area contributed by atoms with Crippen LogP contribution in [0.5, 0.6) is 0 Å². The van der Waals surface area contributed by atoms with Crippen LogP contribution in [0.2, 0.25) is 5.02 Å². The van der Waals surface area contributed by atoms with Crippen LogP contribution in [-0.2, 0) is 17.7 Å². The van der Waals surface area contributed by atoms with Gasteiger partial charge in [-0.05, 0) is 41.8 Å². The van der Waals surface area contributed by atoms with Gasteiger partial charge in [0.25, 0.3) is 0 Å². The fourth-order valence-electron chi connectivity index (χ4n) is 2.42. The summed E-state index contributed by atoms with van der Waals surface area (Å²) in [6.07, 6.45) is 0.916. The molecule has 26 heavy (non-hydrogen) atoms. The summed E-state index contributed by atoms with van der Waals surface area (Å²) in [6, 6.07) is 16.3. The Hall–Kier alpha value is -2.24. The van der Waals surface area contributed by atoms with Crippen molar-refractivity contribution in [1.82, 2.24) is 10.6 Å². The van der Waals surface area contributed by atoms with Gasteiger partial charge in [-0.15, -0.1) is 0 Å². The molecule has 0 amide bonds. The maximum atomic E-state index is 5.91. The maximum absolute atomic E-state index is 5.91. The van der Waals surface area contributed by atoms with E-state index in [1.807, 2.05) is 24.3 Å². The number of ether oxygens (including phenoxy) is 1. The fourth-order valence-corrected chi connectivity index (χ4v) is 2.55. The van der Waals surface area contributed by atoms with Gasteiger partial charge in [-0.1, -0.05) is 35.9 Å². The van der Waals surface area contributed by atoms with Crippen molar-refractivity contribution in [2.24, 2.45) is 4.99 Å². The number of rotatable bonds is 9. The molecule has 3 N–H and O–H groups in total. The molecule has 2 aromatic carbocycles. The Morgan fingerprint density at radius 1 is 0.962 bits per heavy atom. The van der Waals surface area contributed by atoms with Crippen LogP contribution < -0.4 is 16.0 Å². The van der Waals surface area contributed by atoms with Crippen molar-refractivity contribution >= 4 is 23.2 Å². The Bertz CT molecular complexity index is 671. The van der Waals surface area contributed by atoms with E-state index in [2.05, 4.69) is 45.2 Å². The number of benzene rings is 2. The summed E-state index contributed by atoms with van der Waals surface area (Å²) in [7, 11) is 3.48. The number of aliphatic imine (C=N–C) groups is 1. The van der Waals surface area contributed by atoms with Gasteiger partial charge >= 0.3 is 0 Å². The summed E-state index contributed by atoms with van der Waals surface area (Å²) >= 11 is 5.91. The van der Waals surface area contributed by atoms with Gasteiger partial charge in [0.2, 0.25) is 0 Å². The van der Waals surface area contributed by atoms with Gasteiger partial charge in [0.1, 0.15) is 0 Å². The van der Waals surface area contributed by atoms with Crippen molar-refractivity contribution in [2.45, 2.75) is 13.0 Å². The van der Waals surface area contributed by atoms with Crippen LogP contribution in [0.15, 0.2) is 53.5 Å². The number of nitrogens with one attached hydrogen (secondary N) is 3. The zero-order chi connectivity index (χ0) is 18.6. The first kappa shape index (κ1) is 20.1. The first-order valence-corrected chi connectivity index (χ1v) is 9.10. The van der Waals surface area contributed by atoms with Gasteiger partial charge in [-0.2, -0.15) is 0 Å². The molecule has 0 bridgehead atoms. The number of nitrogens with zero attached hydrogens (tertiary/aromatic N) is 1. The number of methoxy groups -OCH3 is 1. The third kappa shape index (κ3) is 7.33. The zero-order valence-electron chi connectivity index (χ0n) is 15.4. The van der Waals surface area contributed by atoms with E-state index >= 15 is 0 Å². The molecule has 0 saturated carbocycles. The molecule has 140 valence electrons. The number of hydrogen-bond acceptors (Lipinski definition) is 3. The third-order valence-corrected chi connectivity index (χ3v) is 4.14. The van der Waals surface area contributed by atoms with Crippen molar-refractivity contribution in [3.05, 3.63) is 64.7 Å². The fraction of sp³-hybridized carbons (Fsp3) is 0.350. The van der Waals surface area contributed by atoms with E-state index in [1.165, 1.54) is 11.1 Å². The third-order valence-electron chi connectivity index (χ3n) is 3.89. The lowest BCUT2D eigenvalue weighted by Gasteiger charge is -2.12. The molecule has 0 atom stereocenters. The lowest BCUT2D eigenvalue weighted by molar-refractivity contribution is 0.211. The quantitative estimate of drug-likeness (QED) is 0.358. The monoisotopic (exact) mass is 374 g/mol. The minimum absolute atomic E-state index is 0.696. The molecular weight excluding hydrogens is 348 g/mol. The minimum Gasteiger partial charge on any atom is -0.383 e. The normalized spacial score (nSPS) is 11.3. The summed E-state index contributed by atoms with van der Waals surface area (Å²) in [4.78, 5) is 4.26. The molecule has 5 nitrogen and oxygen atoms in total. The van der Waals surface area contributed by atoms with Crippen molar-refractivity contribution in [3.8, 4) is 0 Å². The van der Waals surface area contributed by atoms with E-state index in [1.54, 1.807) is 14.2 Å². The molecule has 0 aliphatic rings. The highest BCUT2D eigenvalue weighted by molar-refractivity contribution is 6.30. The highest BCUT2D eigenvalue weighted by Gasteiger charge is 2.00. The second-order valence-electron chi connectivity index (χ2n) is 5.85. The predicted molar refractivity (Wildman–Crippen MR) is 110 cm³/mol. The number of guanidine groups is 1. The molecule has 0 heterocycles. The molecule has 2 rings (SSSR count). The summed E-state index contributed by atoms with van der Waals surface area (Å²) in [5.74, 6) is 0.793. The Balaban J connectivity index is 1.71. The predicted octanol–water partition coefficient (Wildman–Crippen LogP) is 3.31. The second kappa shape index (κ2) is 11.4. The summed E-state index contributed by atoms with van der Waals surface area (Å²) in [6.45, 7) is 3.03. The van der Waals surface area contributed by atoms with E-state index in [0.29, 0.717) is 6.61 Å². The molecule has 2 aromatic rings. The van der Waals surface area contributed by atoms with Crippen molar-refractivity contribution in [1.29, 1.82) is 0 Å². The minimum atomic E-state index is 0.696. The van der Waals surface area contributed by atoms with E-state index < -0.39 is 0 Å². The van der Waals surface area contributed by atoms with E-state index in [4.69, 9.17) is 16.3 Å². The van der Waals surface area contributed by atoms with Gasteiger partial charge in [0.05, 0.1) is 6.61 Å². The number of hydrogen-bond donors (Lipinski definition) is 3. The maximum Gasteiger partial charge on any atom is 0.191 e. The van der Waals surface area contributed by atoms with Gasteiger partial charge in [-0.3, -0.25) is 4.99 Å². The molecule has 0 radical (unpaired) electrons. The Labute approximate surface area is 160 Å². The topological polar surface area (TPSA) is 57.7 Å². The molecule has 0 fully saturated rings. The van der Waals surface area contributed by atoms with E-state index in [-0.39, 0.29) is 0 Å². The first-order chi connectivity index (χ1) is 12.7. The lowest BCUT2D eigenvalue weighted by Crippen LogP contribution is -2.37. The highest BCUT2D eigenvalue weighted by Crippen LogP contribution is 2.10. The van der Waals surface area contributed by atoms with Crippen LogP contribution in [0.25, 0.3) is 0 Å². The smallest absolute Gasteiger partial charge is 0.191 e. The molecule has 0 aliphatic carbocycles. The van der Waals surface area contributed by atoms with Gasteiger partial charge in [0, 0.05) is 44.5 Å². The molecule has 0 unspecified atom stereocenters. The molecule has 6 heteroatoms. The summed E-state index contributed by atoms with van der Waals surface area (Å²) in [5, 5.41) is 10.7. The van der Waals surface area contributed by atoms with E-state index in [9.17, 15) is 0 Å². The van der Waals surface area contributed by atoms with Gasteiger partial charge < -0.3 is 20.7 Å². The number of halogens is 1. The number of anilines is 1. The van der Waals surface area contributed by atoms with Crippen molar-refractivity contribution in [2.75, 3.05) is 39.2 Å². The van der Waals surface area contributed by atoms with Crippen LogP contribution in [0, 0.1) is 0 Å². The van der Waals surface area contributed by atoms with Crippen LogP contribution in [-0.4, -0.2) is 39.8 Å². The molecule has 0 aliphatic heterocycles. The molecular formula is C20H27ClN4O.